The Labute approximate surface area is 124 Å². The molecule has 0 saturated carbocycles. The molecule has 0 bridgehead atoms. The van der Waals surface area contributed by atoms with Gasteiger partial charge in [-0.15, -0.1) is 0 Å². The normalized spacial score (nSPS) is 10.0. The van der Waals surface area contributed by atoms with E-state index in [2.05, 4.69) is 15.3 Å². The number of nitrogens with one attached hydrogen (secondary N) is 1. The van der Waals surface area contributed by atoms with Gasteiger partial charge in [0, 0.05) is 6.54 Å². The third kappa shape index (κ3) is 4.24. The lowest BCUT2D eigenvalue weighted by Gasteiger charge is -2.09. The lowest BCUT2D eigenvalue weighted by molar-refractivity contribution is 0.340. The highest BCUT2D eigenvalue weighted by Crippen LogP contribution is 2.18. The van der Waals surface area contributed by atoms with Crippen molar-refractivity contribution < 1.29 is 14.2 Å². The highest BCUT2D eigenvalue weighted by Gasteiger charge is 2.05. The average molecular weight is 289 g/mol. The zero-order chi connectivity index (χ0) is 15.1. The van der Waals surface area contributed by atoms with Gasteiger partial charge in [-0.25, -0.2) is 0 Å². The van der Waals surface area contributed by atoms with E-state index < -0.39 is 0 Å². The summed E-state index contributed by atoms with van der Waals surface area (Å²) < 4.78 is 15.7. The van der Waals surface area contributed by atoms with Gasteiger partial charge in [-0.3, -0.25) is 0 Å². The molecular formula is C15H19N3O3. The summed E-state index contributed by atoms with van der Waals surface area (Å²) in [7, 11) is 3.11. The highest BCUT2D eigenvalue weighted by atomic mass is 16.5. The van der Waals surface area contributed by atoms with Crippen molar-refractivity contribution in [2.75, 3.05) is 26.1 Å². The van der Waals surface area contributed by atoms with Crippen LogP contribution in [0.15, 0.2) is 30.3 Å². The standard InChI is InChI=1S/C15H19N3O3/c1-4-21-12-7-5-6-11(8-12)10-16-15-17-13(19-2)9-14(18-15)20-3/h5-9H,4,10H2,1-3H3,(H,16,17,18). The Balaban J connectivity index is 2.07. The fourth-order valence-electron chi connectivity index (χ4n) is 1.79. The van der Waals surface area contributed by atoms with E-state index in [1.807, 2.05) is 31.2 Å². The number of benzene rings is 1. The minimum atomic E-state index is 0.451. The third-order valence-electron chi connectivity index (χ3n) is 2.76. The topological polar surface area (TPSA) is 65.5 Å². The predicted octanol–water partition coefficient (Wildman–Crippen LogP) is 2.50. The van der Waals surface area contributed by atoms with E-state index in [0.717, 1.165) is 11.3 Å². The van der Waals surface area contributed by atoms with Crippen molar-refractivity contribution in [2.45, 2.75) is 13.5 Å². The van der Waals surface area contributed by atoms with Gasteiger partial charge in [0.05, 0.1) is 26.9 Å². The van der Waals surface area contributed by atoms with Crippen LogP contribution in [0.5, 0.6) is 17.5 Å². The van der Waals surface area contributed by atoms with Crippen LogP contribution in [0.1, 0.15) is 12.5 Å². The van der Waals surface area contributed by atoms with E-state index in [0.29, 0.717) is 30.9 Å². The first-order chi connectivity index (χ1) is 10.2. The molecule has 0 amide bonds. The Morgan fingerprint density at radius 1 is 1.05 bits per heavy atom. The molecular weight excluding hydrogens is 270 g/mol. The Hall–Kier alpha value is -2.50. The quantitative estimate of drug-likeness (QED) is 0.845. The number of ether oxygens (including phenoxy) is 3. The number of hydrogen-bond acceptors (Lipinski definition) is 6. The third-order valence-corrected chi connectivity index (χ3v) is 2.76. The van der Waals surface area contributed by atoms with Crippen molar-refractivity contribution in [3.63, 3.8) is 0 Å². The summed E-state index contributed by atoms with van der Waals surface area (Å²) in [5.41, 5.74) is 1.08. The summed E-state index contributed by atoms with van der Waals surface area (Å²) in [6.45, 7) is 3.19. The summed E-state index contributed by atoms with van der Waals surface area (Å²) in [6.07, 6.45) is 0. The maximum atomic E-state index is 5.47. The molecule has 0 spiro atoms. The SMILES string of the molecule is CCOc1cccc(CNc2nc(OC)cc(OC)n2)c1. The van der Waals surface area contributed by atoms with Crippen molar-refractivity contribution in [3.05, 3.63) is 35.9 Å². The first-order valence-corrected chi connectivity index (χ1v) is 6.67. The number of aromatic nitrogens is 2. The smallest absolute Gasteiger partial charge is 0.229 e. The lowest BCUT2D eigenvalue weighted by Crippen LogP contribution is -2.05. The van der Waals surface area contributed by atoms with Crippen LogP contribution in [0.2, 0.25) is 0 Å². The van der Waals surface area contributed by atoms with Crippen LogP contribution < -0.4 is 19.5 Å². The second kappa shape index (κ2) is 7.33. The molecule has 2 rings (SSSR count). The number of hydrogen-bond donors (Lipinski definition) is 1. The zero-order valence-electron chi connectivity index (χ0n) is 12.4. The first-order valence-electron chi connectivity index (χ1n) is 6.67. The van der Waals surface area contributed by atoms with Gasteiger partial charge in [-0.1, -0.05) is 12.1 Å². The van der Waals surface area contributed by atoms with E-state index in [1.54, 1.807) is 20.3 Å². The fraction of sp³-hybridized carbons (Fsp3) is 0.333. The zero-order valence-corrected chi connectivity index (χ0v) is 12.4. The van der Waals surface area contributed by atoms with Crippen molar-refractivity contribution in [2.24, 2.45) is 0 Å². The van der Waals surface area contributed by atoms with E-state index in [9.17, 15) is 0 Å². The molecule has 0 saturated heterocycles. The van der Waals surface area contributed by atoms with Crippen LogP contribution in [0.3, 0.4) is 0 Å². The van der Waals surface area contributed by atoms with Gasteiger partial charge in [0.1, 0.15) is 5.75 Å². The molecule has 112 valence electrons. The molecule has 0 aliphatic rings. The second-order valence-electron chi connectivity index (χ2n) is 4.21. The molecule has 1 aromatic heterocycles. The monoisotopic (exact) mass is 289 g/mol. The molecule has 0 unspecified atom stereocenters. The molecule has 1 N–H and O–H groups in total. The molecule has 2 aromatic rings. The molecule has 0 aliphatic carbocycles. The Kier molecular flexibility index (Phi) is 5.20. The molecule has 1 aromatic carbocycles. The van der Waals surface area contributed by atoms with E-state index >= 15 is 0 Å². The molecule has 0 atom stereocenters. The highest BCUT2D eigenvalue weighted by molar-refractivity contribution is 5.36. The molecule has 6 heteroatoms. The van der Waals surface area contributed by atoms with Crippen molar-refractivity contribution in [1.29, 1.82) is 0 Å². The minimum Gasteiger partial charge on any atom is -0.494 e. The number of nitrogens with zero attached hydrogens (tertiary/aromatic N) is 2. The van der Waals surface area contributed by atoms with Crippen molar-refractivity contribution in [3.8, 4) is 17.5 Å². The minimum absolute atomic E-state index is 0.451. The largest absolute Gasteiger partial charge is 0.494 e. The van der Waals surface area contributed by atoms with Gasteiger partial charge < -0.3 is 19.5 Å². The maximum absolute atomic E-state index is 5.47. The summed E-state index contributed by atoms with van der Waals surface area (Å²) in [5, 5.41) is 3.14. The van der Waals surface area contributed by atoms with E-state index in [4.69, 9.17) is 14.2 Å². The van der Waals surface area contributed by atoms with Crippen molar-refractivity contribution >= 4 is 5.95 Å². The maximum Gasteiger partial charge on any atom is 0.229 e. The van der Waals surface area contributed by atoms with Crippen LogP contribution >= 0.6 is 0 Å². The van der Waals surface area contributed by atoms with E-state index in [-0.39, 0.29) is 0 Å². The van der Waals surface area contributed by atoms with Crippen LogP contribution in [0.4, 0.5) is 5.95 Å². The van der Waals surface area contributed by atoms with Crippen molar-refractivity contribution in [1.82, 2.24) is 9.97 Å². The van der Waals surface area contributed by atoms with Crippen LogP contribution in [0.25, 0.3) is 0 Å². The summed E-state index contributed by atoms with van der Waals surface area (Å²) >= 11 is 0. The van der Waals surface area contributed by atoms with Crippen LogP contribution in [-0.2, 0) is 6.54 Å². The lowest BCUT2D eigenvalue weighted by atomic mass is 10.2. The molecule has 21 heavy (non-hydrogen) atoms. The summed E-state index contributed by atoms with van der Waals surface area (Å²) in [6, 6.07) is 9.49. The Morgan fingerprint density at radius 3 is 2.38 bits per heavy atom. The van der Waals surface area contributed by atoms with Gasteiger partial charge >= 0.3 is 0 Å². The van der Waals surface area contributed by atoms with E-state index in [1.165, 1.54) is 0 Å². The van der Waals surface area contributed by atoms with Gasteiger partial charge in [0.2, 0.25) is 17.7 Å². The molecule has 0 aliphatic heterocycles. The second-order valence-corrected chi connectivity index (χ2v) is 4.21. The first kappa shape index (κ1) is 14.9. The summed E-state index contributed by atoms with van der Waals surface area (Å²) in [5.74, 6) is 2.20. The molecule has 0 fully saturated rings. The Morgan fingerprint density at radius 2 is 1.76 bits per heavy atom. The molecule has 6 nitrogen and oxygen atoms in total. The number of anilines is 1. The van der Waals surface area contributed by atoms with Gasteiger partial charge in [0.25, 0.3) is 0 Å². The average Bonchev–Trinajstić information content (AvgIpc) is 2.53. The molecule has 1 heterocycles. The predicted molar refractivity (Wildman–Crippen MR) is 80.1 cm³/mol. The molecule has 0 radical (unpaired) electrons. The van der Waals surface area contributed by atoms with Gasteiger partial charge in [0.15, 0.2) is 0 Å². The van der Waals surface area contributed by atoms with Gasteiger partial charge in [-0.05, 0) is 24.6 Å². The Bertz CT molecular complexity index is 568. The number of methoxy groups -OCH3 is 2. The van der Waals surface area contributed by atoms with Crippen LogP contribution in [0, 0.1) is 0 Å². The summed E-state index contributed by atoms with van der Waals surface area (Å²) in [4.78, 5) is 8.44. The number of rotatable bonds is 7. The fourth-order valence-corrected chi connectivity index (χ4v) is 1.79. The van der Waals surface area contributed by atoms with Crippen LogP contribution in [-0.4, -0.2) is 30.8 Å². The van der Waals surface area contributed by atoms with Gasteiger partial charge in [-0.2, -0.15) is 9.97 Å².